The number of carbonyl (C=O) groups excluding carboxylic acids is 3. The van der Waals surface area contributed by atoms with Gasteiger partial charge in [-0.05, 0) is 68.5 Å². The largest absolute Gasteiger partial charge is 0.335 e. The van der Waals surface area contributed by atoms with E-state index in [1.807, 2.05) is 11.0 Å². The molecule has 2 bridgehead atoms. The molecule has 5 rings (SSSR count). The summed E-state index contributed by atoms with van der Waals surface area (Å²) >= 11 is 0. The van der Waals surface area contributed by atoms with E-state index in [1.54, 1.807) is 34.9 Å². The number of anilines is 2. The first kappa shape index (κ1) is 24.1. The normalized spacial score (nSPS) is 21.3. The quantitative estimate of drug-likeness (QED) is 0.558. The van der Waals surface area contributed by atoms with Crippen LogP contribution in [-0.4, -0.2) is 46.4 Å². The summed E-state index contributed by atoms with van der Waals surface area (Å²) in [4.78, 5) is 52.0. The summed E-state index contributed by atoms with van der Waals surface area (Å²) in [5.74, 6) is 0.255. The number of nitrogens with zero attached hydrogens (tertiary/aromatic N) is 2. The smallest absolute Gasteiger partial charge is 0.323 e. The van der Waals surface area contributed by atoms with Gasteiger partial charge in [-0.1, -0.05) is 19.3 Å². The molecule has 36 heavy (non-hydrogen) atoms. The van der Waals surface area contributed by atoms with Crippen LogP contribution >= 0.6 is 0 Å². The Hall–Kier alpha value is -3.62. The third-order valence-corrected chi connectivity index (χ3v) is 7.62. The molecule has 9 nitrogen and oxygen atoms in total. The number of fused-ring (bicyclic) bond motifs is 4. The van der Waals surface area contributed by atoms with Gasteiger partial charge in [-0.15, -0.1) is 0 Å². The molecule has 3 N–H and O–H groups in total. The minimum atomic E-state index is -0.523. The molecule has 0 spiro atoms. The van der Waals surface area contributed by atoms with Crippen molar-refractivity contribution >= 4 is 29.2 Å². The molecule has 9 heteroatoms. The van der Waals surface area contributed by atoms with Crippen molar-refractivity contribution in [3.8, 4) is 0 Å². The van der Waals surface area contributed by atoms with Gasteiger partial charge in [0, 0.05) is 48.5 Å². The van der Waals surface area contributed by atoms with Gasteiger partial charge in [0.05, 0.1) is 0 Å². The van der Waals surface area contributed by atoms with Gasteiger partial charge in [0.1, 0.15) is 5.69 Å². The molecule has 3 aliphatic rings. The highest BCUT2D eigenvalue weighted by Crippen LogP contribution is 2.35. The Morgan fingerprint density at radius 3 is 2.36 bits per heavy atom. The lowest BCUT2D eigenvalue weighted by Gasteiger charge is -2.43. The highest BCUT2D eigenvalue weighted by molar-refractivity contribution is 6.00. The summed E-state index contributed by atoms with van der Waals surface area (Å²) in [6.45, 7) is 3.24. The topological polar surface area (TPSA) is 113 Å². The van der Waals surface area contributed by atoms with Gasteiger partial charge in [0.15, 0.2) is 5.78 Å². The zero-order chi connectivity index (χ0) is 25.2. The van der Waals surface area contributed by atoms with Crippen molar-refractivity contribution in [2.45, 2.75) is 64.0 Å². The summed E-state index contributed by atoms with van der Waals surface area (Å²) in [7, 11) is 0. The molecule has 4 amide bonds. The minimum Gasteiger partial charge on any atom is -0.335 e. The highest BCUT2D eigenvalue weighted by Gasteiger charge is 2.37. The average molecular weight is 492 g/mol. The summed E-state index contributed by atoms with van der Waals surface area (Å²) in [5, 5.41) is 8.57. The van der Waals surface area contributed by atoms with Crippen LogP contribution < -0.4 is 21.5 Å². The number of amides is 4. The number of ketones is 1. The van der Waals surface area contributed by atoms with Gasteiger partial charge in [0.25, 0.3) is 5.56 Å². The molecule has 1 aromatic heterocycles. The number of benzene rings is 1. The van der Waals surface area contributed by atoms with Crippen molar-refractivity contribution in [3.05, 3.63) is 58.0 Å². The lowest BCUT2D eigenvalue weighted by Crippen LogP contribution is -2.53. The molecule has 0 unspecified atom stereocenters. The van der Waals surface area contributed by atoms with Crippen molar-refractivity contribution in [1.29, 1.82) is 0 Å². The molecule has 1 saturated heterocycles. The van der Waals surface area contributed by atoms with Crippen molar-refractivity contribution in [3.63, 3.8) is 0 Å². The minimum absolute atomic E-state index is 0.0127. The number of likely N-dealkylation sites (tertiary alicyclic amines) is 1. The van der Waals surface area contributed by atoms with Crippen LogP contribution in [0.4, 0.5) is 21.0 Å². The molecule has 1 saturated carbocycles. The fraction of sp³-hybridized carbons (Fsp3) is 0.481. The lowest BCUT2D eigenvalue weighted by molar-refractivity contribution is 0.101. The van der Waals surface area contributed by atoms with Crippen LogP contribution in [0.1, 0.15) is 67.4 Å². The Morgan fingerprint density at radius 1 is 0.889 bits per heavy atom. The summed E-state index contributed by atoms with van der Waals surface area (Å²) in [5.41, 5.74) is 1.98. The molecule has 3 heterocycles. The first-order valence-corrected chi connectivity index (χ1v) is 12.9. The fourth-order valence-electron chi connectivity index (χ4n) is 5.79. The van der Waals surface area contributed by atoms with Gasteiger partial charge >= 0.3 is 12.1 Å². The fourth-order valence-corrected chi connectivity index (χ4v) is 5.79. The van der Waals surface area contributed by atoms with Gasteiger partial charge < -0.3 is 25.4 Å². The van der Waals surface area contributed by atoms with E-state index in [0.29, 0.717) is 30.9 Å². The first-order chi connectivity index (χ1) is 17.4. The van der Waals surface area contributed by atoms with Crippen molar-refractivity contribution in [1.82, 2.24) is 14.8 Å². The van der Waals surface area contributed by atoms with Crippen LogP contribution in [0.3, 0.4) is 0 Å². The van der Waals surface area contributed by atoms with E-state index in [1.165, 1.54) is 26.2 Å². The second-order valence-corrected chi connectivity index (χ2v) is 10.3. The molecule has 0 radical (unpaired) electrons. The third-order valence-electron chi connectivity index (χ3n) is 7.62. The second-order valence-electron chi connectivity index (χ2n) is 10.3. The second kappa shape index (κ2) is 10.2. The van der Waals surface area contributed by atoms with Gasteiger partial charge in [-0.2, -0.15) is 0 Å². The van der Waals surface area contributed by atoms with Gasteiger partial charge in [-0.25, -0.2) is 9.59 Å². The van der Waals surface area contributed by atoms with Crippen LogP contribution in [0.2, 0.25) is 0 Å². The van der Waals surface area contributed by atoms with Crippen molar-refractivity contribution in [2.75, 3.05) is 23.7 Å². The Morgan fingerprint density at radius 2 is 1.64 bits per heavy atom. The molecular formula is C27H33N5O4. The van der Waals surface area contributed by atoms with E-state index in [9.17, 15) is 19.2 Å². The van der Waals surface area contributed by atoms with E-state index >= 15 is 0 Å². The van der Waals surface area contributed by atoms with Crippen molar-refractivity contribution < 1.29 is 14.4 Å². The molecular weight excluding hydrogens is 458 g/mol. The molecule has 2 fully saturated rings. The number of aromatic nitrogens is 1. The van der Waals surface area contributed by atoms with Crippen LogP contribution in [0.25, 0.3) is 0 Å². The molecule has 1 aliphatic carbocycles. The summed E-state index contributed by atoms with van der Waals surface area (Å²) < 4.78 is 1.76. The van der Waals surface area contributed by atoms with Crippen LogP contribution in [-0.2, 0) is 6.54 Å². The highest BCUT2D eigenvalue weighted by atomic mass is 16.2. The summed E-state index contributed by atoms with van der Waals surface area (Å²) in [6, 6.07) is 9.88. The van der Waals surface area contributed by atoms with E-state index in [-0.39, 0.29) is 40.9 Å². The standard InChI is InChI=1S/C27H33N5O4/c1-17(33)19-7-9-22(10-8-19)28-26(35)30-23-11-12-24-20-13-18(15-32(24)25(23)34)14-31(16-20)27(36)29-21-5-3-2-4-6-21/h7-12,18,20-21H,2-6,13-16H2,1H3,(H,29,36)(H2,28,30,35)/t18-,20+/m0/s1. The monoisotopic (exact) mass is 491 g/mol. The lowest BCUT2D eigenvalue weighted by atomic mass is 9.83. The number of rotatable bonds is 4. The van der Waals surface area contributed by atoms with Crippen molar-refractivity contribution in [2.24, 2.45) is 5.92 Å². The predicted molar refractivity (Wildman–Crippen MR) is 138 cm³/mol. The van der Waals surface area contributed by atoms with Crippen LogP contribution in [0.5, 0.6) is 0 Å². The SMILES string of the molecule is CC(=O)c1ccc(NC(=O)Nc2ccc3n(c2=O)C[C@H]2C[C@@H]3CN(C(=O)NC3CCCCC3)C2)cc1. The molecule has 190 valence electrons. The number of pyridine rings is 1. The zero-order valence-electron chi connectivity index (χ0n) is 20.6. The number of hydrogen-bond donors (Lipinski definition) is 3. The molecule has 1 aromatic carbocycles. The van der Waals surface area contributed by atoms with E-state index < -0.39 is 6.03 Å². The maximum Gasteiger partial charge on any atom is 0.323 e. The Labute approximate surface area is 210 Å². The molecule has 2 aliphatic heterocycles. The summed E-state index contributed by atoms with van der Waals surface area (Å²) in [6.07, 6.45) is 6.66. The van der Waals surface area contributed by atoms with Gasteiger partial charge in [-0.3, -0.25) is 9.59 Å². The first-order valence-electron chi connectivity index (χ1n) is 12.9. The maximum absolute atomic E-state index is 13.2. The predicted octanol–water partition coefficient (Wildman–Crippen LogP) is 4.16. The number of carbonyl (C=O) groups is 3. The Bertz CT molecular complexity index is 1220. The zero-order valence-corrected chi connectivity index (χ0v) is 20.6. The van der Waals surface area contributed by atoms with E-state index in [4.69, 9.17) is 0 Å². The van der Waals surface area contributed by atoms with E-state index in [0.717, 1.165) is 25.0 Å². The maximum atomic E-state index is 13.2. The average Bonchev–Trinajstić information content (AvgIpc) is 2.87. The van der Waals surface area contributed by atoms with E-state index in [2.05, 4.69) is 16.0 Å². The van der Waals surface area contributed by atoms with Crippen LogP contribution in [0, 0.1) is 5.92 Å². The number of hydrogen-bond acceptors (Lipinski definition) is 4. The third kappa shape index (κ3) is 5.15. The Balaban J connectivity index is 1.24. The Kier molecular flexibility index (Phi) is 6.80. The van der Waals surface area contributed by atoms with Gasteiger partial charge in [0.2, 0.25) is 0 Å². The number of piperidine rings is 1. The number of nitrogens with one attached hydrogen (secondary N) is 3. The molecule has 2 aromatic rings. The number of Topliss-reactive ketones (excluding diaryl/α,β-unsaturated/α-hetero) is 1. The number of urea groups is 2. The van der Waals surface area contributed by atoms with Crippen LogP contribution in [0.15, 0.2) is 41.2 Å². The molecule has 2 atom stereocenters.